The maximum atomic E-state index is 13.3. The Balaban J connectivity index is 2.09. The summed E-state index contributed by atoms with van der Waals surface area (Å²) in [5, 5.41) is 3.14. The SMILES string of the molecule is CCCCCCCc1cc(=O)n2c(c1-c1cccc(C(F)(F)F)c1)SC[C@H]2C(=O)NC. The number of unbranched alkanes of at least 4 members (excludes halogenated alkanes) is 4. The minimum Gasteiger partial charge on any atom is -0.357 e. The van der Waals surface area contributed by atoms with Gasteiger partial charge in [-0.3, -0.25) is 14.2 Å². The lowest BCUT2D eigenvalue weighted by molar-refractivity contribution is -0.137. The van der Waals surface area contributed by atoms with Crippen LogP contribution < -0.4 is 10.9 Å². The summed E-state index contributed by atoms with van der Waals surface area (Å²) in [6.07, 6.45) is 1.37. The van der Waals surface area contributed by atoms with Crippen LogP contribution in [0.5, 0.6) is 0 Å². The summed E-state index contributed by atoms with van der Waals surface area (Å²) in [6.45, 7) is 2.13. The minimum atomic E-state index is -4.46. The van der Waals surface area contributed by atoms with Gasteiger partial charge in [0.05, 0.1) is 10.6 Å². The number of hydrogen-bond acceptors (Lipinski definition) is 3. The van der Waals surface area contributed by atoms with E-state index in [1.54, 1.807) is 6.07 Å². The van der Waals surface area contributed by atoms with Crippen molar-refractivity contribution in [1.29, 1.82) is 0 Å². The monoisotopic (exact) mass is 452 g/mol. The summed E-state index contributed by atoms with van der Waals surface area (Å²) >= 11 is 1.35. The highest BCUT2D eigenvalue weighted by molar-refractivity contribution is 7.99. The van der Waals surface area contributed by atoms with E-state index < -0.39 is 17.8 Å². The van der Waals surface area contributed by atoms with E-state index in [0.29, 0.717) is 28.3 Å². The maximum absolute atomic E-state index is 13.3. The second-order valence-electron chi connectivity index (χ2n) is 7.74. The third-order valence-corrected chi connectivity index (χ3v) is 6.71. The van der Waals surface area contributed by atoms with Crippen molar-refractivity contribution in [3.63, 3.8) is 0 Å². The number of rotatable bonds is 8. The molecular formula is C23H27F3N2O2S. The number of aryl methyl sites for hydroxylation is 1. The van der Waals surface area contributed by atoms with Crippen molar-refractivity contribution in [1.82, 2.24) is 9.88 Å². The van der Waals surface area contributed by atoms with Crippen LogP contribution in [-0.2, 0) is 17.4 Å². The Bertz CT molecular complexity index is 1000. The molecule has 1 aliphatic rings. The van der Waals surface area contributed by atoms with Gasteiger partial charge in [-0.15, -0.1) is 11.8 Å². The molecule has 0 unspecified atom stereocenters. The highest BCUT2D eigenvalue weighted by Crippen LogP contribution is 2.42. The number of nitrogens with zero attached hydrogens (tertiary/aromatic N) is 1. The third-order valence-electron chi connectivity index (χ3n) is 5.56. The number of aromatic nitrogens is 1. The van der Waals surface area contributed by atoms with Crippen LogP contribution in [0.3, 0.4) is 0 Å². The van der Waals surface area contributed by atoms with Crippen molar-refractivity contribution >= 4 is 17.7 Å². The van der Waals surface area contributed by atoms with E-state index in [4.69, 9.17) is 0 Å². The number of alkyl halides is 3. The molecular weight excluding hydrogens is 425 g/mol. The number of pyridine rings is 1. The Morgan fingerprint density at radius 3 is 2.61 bits per heavy atom. The summed E-state index contributed by atoms with van der Waals surface area (Å²) in [6, 6.07) is 6.05. The molecule has 168 valence electrons. The smallest absolute Gasteiger partial charge is 0.357 e. The Labute approximate surface area is 184 Å². The first kappa shape index (κ1) is 23.4. The Kier molecular flexibility index (Phi) is 7.51. The molecule has 1 N–H and O–H groups in total. The Hall–Kier alpha value is -2.22. The van der Waals surface area contributed by atoms with Crippen LogP contribution in [0.1, 0.15) is 56.2 Å². The third kappa shape index (κ3) is 5.17. The molecule has 3 rings (SSSR count). The zero-order chi connectivity index (χ0) is 22.6. The van der Waals surface area contributed by atoms with Gasteiger partial charge < -0.3 is 5.32 Å². The zero-order valence-corrected chi connectivity index (χ0v) is 18.5. The van der Waals surface area contributed by atoms with E-state index in [9.17, 15) is 22.8 Å². The molecule has 0 saturated carbocycles. The summed E-state index contributed by atoms with van der Waals surface area (Å²) in [5.41, 5.74) is 0.796. The molecule has 0 radical (unpaired) electrons. The van der Waals surface area contributed by atoms with Gasteiger partial charge in [-0.05, 0) is 36.1 Å². The first-order chi connectivity index (χ1) is 14.8. The van der Waals surface area contributed by atoms with E-state index in [1.165, 1.54) is 35.5 Å². The fourth-order valence-electron chi connectivity index (χ4n) is 3.95. The standard InChI is InChI=1S/C23H27F3N2O2S/c1-3-4-5-6-7-9-16-13-19(29)28-18(21(30)27-2)14-31-22(28)20(16)15-10-8-11-17(12-15)23(24,25)26/h8,10-13,18H,3-7,9,14H2,1-2H3,(H,27,30)/t18-/m0/s1. The van der Waals surface area contributed by atoms with Gasteiger partial charge in [-0.1, -0.05) is 44.7 Å². The van der Waals surface area contributed by atoms with Gasteiger partial charge in [-0.2, -0.15) is 13.2 Å². The average molecular weight is 453 g/mol. The topological polar surface area (TPSA) is 51.1 Å². The fourth-order valence-corrected chi connectivity index (χ4v) is 5.32. The lowest BCUT2D eigenvalue weighted by atomic mass is 9.95. The van der Waals surface area contributed by atoms with E-state index in [2.05, 4.69) is 12.2 Å². The predicted octanol–water partition coefficient (Wildman–Crippen LogP) is 5.44. The van der Waals surface area contributed by atoms with Gasteiger partial charge in [0.2, 0.25) is 5.91 Å². The van der Waals surface area contributed by atoms with Crippen LogP contribution in [-0.4, -0.2) is 23.3 Å². The molecule has 0 aliphatic carbocycles. The van der Waals surface area contributed by atoms with Gasteiger partial charge in [0.1, 0.15) is 6.04 Å². The minimum absolute atomic E-state index is 0.282. The Morgan fingerprint density at radius 2 is 1.94 bits per heavy atom. The van der Waals surface area contributed by atoms with Crippen molar-refractivity contribution in [2.75, 3.05) is 12.8 Å². The van der Waals surface area contributed by atoms with Crippen LogP contribution in [0.2, 0.25) is 0 Å². The molecule has 31 heavy (non-hydrogen) atoms. The number of carbonyl (C=O) groups is 1. The van der Waals surface area contributed by atoms with Crippen molar-refractivity contribution < 1.29 is 18.0 Å². The molecule has 4 nitrogen and oxygen atoms in total. The number of carbonyl (C=O) groups excluding carboxylic acids is 1. The van der Waals surface area contributed by atoms with Crippen molar-refractivity contribution in [2.45, 2.75) is 62.7 Å². The number of fused-ring (bicyclic) bond motifs is 1. The van der Waals surface area contributed by atoms with Gasteiger partial charge in [0.25, 0.3) is 5.56 Å². The van der Waals surface area contributed by atoms with Crippen LogP contribution in [0.15, 0.2) is 40.2 Å². The zero-order valence-electron chi connectivity index (χ0n) is 17.7. The molecule has 8 heteroatoms. The molecule has 0 fully saturated rings. The average Bonchev–Trinajstić information content (AvgIpc) is 3.18. The number of likely N-dealkylation sites (N-methyl/N-ethyl adjacent to an activating group) is 1. The maximum Gasteiger partial charge on any atom is 0.416 e. The molecule has 2 aromatic rings. The quantitative estimate of drug-likeness (QED) is 0.543. The van der Waals surface area contributed by atoms with Crippen molar-refractivity contribution in [2.24, 2.45) is 0 Å². The lowest BCUT2D eigenvalue weighted by Gasteiger charge is -2.18. The molecule has 1 aliphatic heterocycles. The van der Waals surface area contributed by atoms with Crippen LogP contribution in [0, 0.1) is 0 Å². The second-order valence-corrected chi connectivity index (χ2v) is 8.75. The summed E-state index contributed by atoms with van der Waals surface area (Å²) in [4.78, 5) is 25.2. The summed E-state index contributed by atoms with van der Waals surface area (Å²) in [7, 11) is 1.51. The number of nitrogens with one attached hydrogen (secondary N) is 1. The highest BCUT2D eigenvalue weighted by Gasteiger charge is 2.34. The molecule has 0 saturated heterocycles. The van der Waals surface area contributed by atoms with Crippen LogP contribution >= 0.6 is 11.8 Å². The molecule has 1 amide bonds. The van der Waals surface area contributed by atoms with E-state index in [1.807, 2.05) is 0 Å². The summed E-state index contributed by atoms with van der Waals surface area (Å²) < 4.78 is 41.5. The van der Waals surface area contributed by atoms with Crippen molar-refractivity contribution in [3.05, 3.63) is 51.8 Å². The molecule has 1 atom stereocenters. The largest absolute Gasteiger partial charge is 0.416 e. The van der Waals surface area contributed by atoms with Gasteiger partial charge >= 0.3 is 6.18 Å². The van der Waals surface area contributed by atoms with E-state index >= 15 is 0 Å². The molecule has 1 aromatic heterocycles. The molecule has 2 heterocycles. The number of thioether (sulfide) groups is 1. The number of halogens is 3. The summed E-state index contributed by atoms with van der Waals surface area (Å²) in [5.74, 6) is 0.0940. The fraction of sp³-hybridized carbons (Fsp3) is 0.478. The molecule has 0 bridgehead atoms. The number of benzene rings is 1. The number of hydrogen-bond donors (Lipinski definition) is 1. The van der Waals surface area contributed by atoms with Crippen molar-refractivity contribution in [3.8, 4) is 11.1 Å². The normalized spacial score (nSPS) is 15.7. The second kappa shape index (κ2) is 9.94. The van der Waals surface area contributed by atoms with Gasteiger partial charge in [0, 0.05) is 24.4 Å². The van der Waals surface area contributed by atoms with Gasteiger partial charge in [0.15, 0.2) is 0 Å². The van der Waals surface area contributed by atoms with Crippen LogP contribution in [0.25, 0.3) is 11.1 Å². The first-order valence-corrected chi connectivity index (χ1v) is 11.6. The molecule has 1 aromatic carbocycles. The predicted molar refractivity (Wildman–Crippen MR) is 117 cm³/mol. The number of amides is 1. The highest BCUT2D eigenvalue weighted by atomic mass is 32.2. The first-order valence-electron chi connectivity index (χ1n) is 10.6. The Morgan fingerprint density at radius 1 is 1.19 bits per heavy atom. The molecule has 0 spiro atoms. The lowest BCUT2D eigenvalue weighted by Crippen LogP contribution is -2.35. The van der Waals surface area contributed by atoms with E-state index in [-0.39, 0.29) is 11.5 Å². The van der Waals surface area contributed by atoms with E-state index in [0.717, 1.165) is 49.8 Å². The van der Waals surface area contributed by atoms with Crippen LogP contribution in [0.4, 0.5) is 13.2 Å². The van der Waals surface area contributed by atoms with Gasteiger partial charge in [-0.25, -0.2) is 0 Å².